The fraction of sp³-hybridized carbons (Fsp3) is 0.280. The Bertz CT molecular complexity index is 1370. The first-order valence-electron chi connectivity index (χ1n) is 11.0. The molecule has 9 heteroatoms. The maximum Gasteiger partial charge on any atom is 0.274 e. The van der Waals surface area contributed by atoms with E-state index in [4.69, 9.17) is 9.47 Å². The highest BCUT2D eigenvalue weighted by molar-refractivity contribution is 5.93. The van der Waals surface area contributed by atoms with Gasteiger partial charge in [-0.3, -0.25) is 14.3 Å². The first kappa shape index (κ1) is 23.0. The Labute approximate surface area is 197 Å². The van der Waals surface area contributed by atoms with Crippen LogP contribution in [0, 0.1) is 13.8 Å². The fourth-order valence-corrected chi connectivity index (χ4v) is 3.39. The predicted molar refractivity (Wildman–Crippen MR) is 128 cm³/mol. The molecule has 34 heavy (non-hydrogen) atoms. The maximum atomic E-state index is 12.6. The van der Waals surface area contributed by atoms with E-state index in [1.54, 1.807) is 17.1 Å². The molecule has 0 saturated heterocycles. The van der Waals surface area contributed by atoms with Gasteiger partial charge in [0.1, 0.15) is 24.4 Å². The van der Waals surface area contributed by atoms with Crippen molar-refractivity contribution in [1.29, 1.82) is 0 Å². The van der Waals surface area contributed by atoms with Crippen LogP contribution in [0.25, 0.3) is 5.78 Å². The molecule has 2 aromatic heterocycles. The number of aromatic nitrogens is 4. The van der Waals surface area contributed by atoms with Crippen LogP contribution in [0.5, 0.6) is 11.5 Å². The number of benzene rings is 2. The van der Waals surface area contributed by atoms with E-state index < -0.39 is 0 Å². The lowest BCUT2D eigenvalue weighted by molar-refractivity contribution is -0.118. The van der Waals surface area contributed by atoms with Gasteiger partial charge < -0.3 is 14.8 Å². The predicted octanol–water partition coefficient (Wildman–Crippen LogP) is 3.69. The van der Waals surface area contributed by atoms with Gasteiger partial charge in [-0.15, -0.1) is 0 Å². The smallest absolute Gasteiger partial charge is 0.274 e. The molecule has 0 fully saturated rings. The van der Waals surface area contributed by atoms with Gasteiger partial charge >= 0.3 is 0 Å². The normalized spacial score (nSPS) is 11.1. The van der Waals surface area contributed by atoms with E-state index in [0.717, 1.165) is 11.1 Å². The molecule has 4 rings (SSSR count). The van der Waals surface area contributed by atoms with Gasteiger partial charge in [0.15, 0.2) is 6.61 Å². The topological polar surface area (TPSA) is 99.7 Å². The van der Waals surface area contributed by atoms with Crippen LogP contribution in [0.1, 0.15) is 36.7 Å². The summed E-state index contributed by atoms with van der Waals surface area (Å²) in [5, 5.41) is 2.82. The maximum absolute atomic E-state index is 12.6. The standard InChI is InChI=1S/C25H27N5O4/c1-16(2)29-15-26-25-27-19(12-24(32)30(25)29)13-34-22-11-18(4)7-10-21(22)28-23(31)14-33-20-8-5-17(3)6-9-20/h5-12,15-16H,13-14H2,1-4H3,(H,28,31). The van der Waals surface area contributed by atoms with Crippen LogP contribution >= 0.6 is 0 Å². The molecule has 0 saturated carbocycles. The summed E-state index contributed by atoms with van der Waals surface area (Å²) >= 11 is 0. The van der Waals surface area contributed by atoms with E-state index in [0.29, 0.717) is 28.7 Å². The number of nitrogens with zero attached hydrogens (tertiary/aromatic N) is 4. The number of fused-ring (bicyclic) bond motifs is 1. The summed E-state index contributed by atoms with van der Waals surface area (Å²) in [5.74, 6) is 1.09. The molecule has 2 aromatic carbocycles. The average molecular weight is 462 g/mol. The van der Waals surface area contributed by atoms with Gasteiger partial charge in [0.05, 0.1) is 11.4 Å². The summed E-state index contributed by atoms with van der Waals surface area (Å²) in [4.78, 5) is 33.7. The molecule has 9 nitrogen and oxygen atoms in total. The SMILES string of the molecule is Cc1ccc(OCC(=O)Nc2ccc(C)cc2OCc2cc(=O)n3c(ncn3C(C)C)n2)cc1. The molecule has 0 aliphatic carbocycles. The van der Waals surface area contributed by atoms with Gasteiger partial charge in [0.25, 0.3) is 17.2 Å². The number of hydrogen-bond donors (Lipinski definition) is 1. The highest BCUT2D eigenvalue weighted by Crippen LogP contribution is 2.26. The van der Waals surface area contributed by atoms with Crippen LogP contribution in [-0.4, -0.2) is 31.7 Å². The number of amides is 1. The lowest BCUT2D eigenvalue weighted by atomic mass is 10.2. The molecule has 1 N–H and O–H groups in total. The average Bonchev–Trinajstić information content (AvgIpc) is 3.24. The Morgan fingerprint density at radius 3 is 2.50 bits per heavy atom. The minimum atomic E-state index is -0.314. The number of aryl methyl sites for hydroxylation is 2. The molecule has 4 aromatic rings. The molecule has 0 bridgehead atoms. The molecule has 176 valence electrons. The van der Waals surface area contributed by atoms with Gasteiger partial charge in [0.2, 0.25) is 0 Å². The number of carbonyl (C=O) groups excluding carboxylic acids is 1. The quantitative estimate of drug-likeness (QED) is 0.430. The Kier molecular flexibility index (Phi) is 6.62. The lowest BCUT2D eigenvalue weighted by Crippen LogP contribution is -2.23. The van der Waals surface area contributed by atoms with Crippen molar-refractivity contribution in [2.24, 2.45) is 0 Å². The van der Waals surface area contributed by atoms with E-state index in [1.807, 2.05) is 64.1 Å². The van der Waals surface area contributed by atoms with Crippen molar-refractivity contribution in [2.45, 2.75) is 40.3 Å². The monoisotopic (exact) mass is 461 g/mol. The molecule has 1 amide bonds. The van der Waals surface area contributed by atoms with Crippen molar-refractivity contribution < 1.29 is 14.3 Å². The Morgan fingerprint density at radius 2 is 1.76 bits per heavy atom. The number of anilines is 1. The van der Waals surface area contributed by atoms with Crippen LogP contribution in [0.15, 0.2) is 59.7 Å². The van der Waals surface area contributed by atoms with Crippen LogP contribution in [0.2, 0.25) is 0 Å². The van der Waals surface area contributed by atoms with E-state index in [-0.39, 0.29) is 30.7 Å². The zero-order chi connectivity index (χ0) is 24.2. The highest BCUT2D eigenvalue weighted by atomic mass is 16.5. The van der Waals surface area contributed by atoms with Crippen LogP contribution in [0.3, 0.4) is 0 Å². The van der Waals surface area contributed by atoms with Gasteiger partial charge in [-0.2, -0.15) is 9.50 Å². The Balaban J connectivity index is 1.45. The van der Waals surface area contributed by atoms with Gasteiger partial charge in [0, 0.05) is 12.1 Å². The molecule has 0 spiro atoms. The Morgan fingerprint density at radius 1 is 1.03 bits per heavy atom. The lowest BCUT2D eigenvalue weighted by Gasteiger charge is -2.14. The van der Waals surface area contributed by atoms with E-state index in [2.05, 4.69) is 15.3 Å². The molecule has 0 aliphatic rings. The number of ether oxygens (including phenoxy) is 2. The largest absolute Gasteiger partial charge is 0.485 e. The third-order valence-electron chi connectivity index (χ3n) is 5.16. The molecular formula is C25H27N5O4. The first-order valence-corrected chi connectivity index (χ1v) is 11.0. The fourth-order valence-electron chi connectivity index (χ4n) is 3.39. The van der Waals surface area contributed by atoms with Crippen molar-refractivity contribution in [2.75, 3.05) is 11.9 Å². The molecule has 0 unspecified atom stereocenters. The number of rotatable bonds is 8. The summed E-state index contributed by atoms with van der Waals surface area (Å²) in [6, 6.07) is 14.4. The molecule has 0 aliphatic heterocycles. The second-order valence-corrected chi connectivity index (χ2v) is 8.35. The van der Waals surface area contributed by atoms with Crippen molar-refractivity contribution >= 4 is 17.4 Å². The zero-order valence-electron chi connectivity index (χ0n) is 19.6. The summed E-state index contributed by atoms with van der Waals surface area (Å²) in [7, 11) is 0. The van der Waals surface area contributed by atoms with Gasteiger partial charge in [-0.1, -0.05) is 23.8 Å². The molecule has 2 heterocycles. The Hall–Kier alpha value is -4.14. The van der Waals surface area contributed by atoms with Gasteiger partial charge in [-0.05, 0) is 57.5 Å². The highest BCUT2D eigenvalue weighted by Gasteiger charge is 2.13. The molecule has 0 atom stereocenters. The summed E-state index contributed by atoms with van der Waals surface area (Å²) in [5.41, 5.74) is 2.79. The van der Waals surface area contributed by atoms with Crippen molar-refractivity contribution in [1.82, 2.24) is 19.2 Å². The third kappa shape index (κ3) is 5.25. The minimum absolute atomic E-state index is 0.0481. The van der Waals surface area contributed by atoms with Crippen LogP contribution in [-0.2, 0) is 11.4 Å². The van der Waals surface area contributed by atoms with E-state index in [9.17, 15) is 9.59 Å². The van der Waals surface area contributed by atoms with Gasteiger partial charge in [-0.25, -0.2) is 4.98 Å². The van der Waals surface area contributed by atoms with Crippen LogP contribution in [0.4, 0.5) is 5.69 Å². The van der Waals surface area contributed by atoms with E-state index >= 15 is 0 Å². The third-order valence-corrected chi connectivity index (χ3v) is 5.16. The van der Waals surface area contributed by atoms with E-state index in [1.165, 1.54) is 10.6 Å². The number of carbonyl (C=O) groups is 1. The minimum Gasteiger partial charge on any atom is -0.485 e. The second-order valence-electron chi connectivity index (χ2n) is 8.35. The summed E-state index contributed by atoms with van der Waals surface area (Å²) < 4.78 is 14.6. The van der Waals surface area contributed by atoms with Crippen molar-refractivity contribution in [3.05, 3.63) is 82.0 Å². The molecular weight excluding hydrogens is 434 g/mol. The van der Waals surface area contributed by atoms with Crippen molar-refractivity contribution in [3.8, 4) is 11.5 Å². The summed E-state index contributed by atoms with van der Waals surface area (Å²) in [6.45, 7) is 7.75. The second kappa shape index (κ2) is 9.78. The number of hydrogen-bond acceptors (Lipinski definition) is 6. The first-order chi connectivity index (χ1) is 16.3. The number of nitrogens with one attached hydrogen (secondary N) is 1. The molecule has 0 radical (unpaired) electrons. The summed E-state index contributed by atoms with van der Waals surface area (Å²) in [6.07, 6.45) is 1.59. The van der Waals surface area contributed by atoms with Crippen molar-refractivity contribution in [3.63, 3.8) is 0 Å². The zero-order valence-corrected chi connectivity index (χ0v) is 19.6. The van der Waals surface area contributed by atoms with Crippen LogP contribution < -0.4 is 20.3 Å².